The summed E-state index contributed by atoms with van der Waals surface area (Å²) in [6.45, 7) is 9.78. The van der Waals surface area contributed by atoms with Crippen molar-refractivity contribution >= 4 is 29.9 Å². The van der Waals surface area contributed by atoms with E-state index in [0.717, 1.165) is 32.0 Å². The largest absolute Gasteiger partial charge is 0.396 e. The van der Waals surface area contributed by atoms with Crippen LogP contribution >= 0.6 is 24.0 Å². The van der Waals surface area contributed by atoms with Crippen molar-refractivity contribution in [1.29, 1.82) is 0 Å². The van der Waals surface area contributed by atoms with Gasteiger partial charge in [-0.2, -0.15) is 0 Å². The van der Waals surface area contributed by atoms with Crippen LogP contribution in [0.2, 0.25) is 0 Å². The maximum atomic E-state index is 9.09. The van der Waals surface area contributed by atoms with Gasteiger partial charge in [-0.15, -0.1) is 24.0 Å². The van der Waals surface area contributed by atoms with Crippen molar-refractivity contribution in [2.45, 2.75) is 39.8 Å². The predicted octanol–water partition coefficient (Wildman–Crippen LogP) is 2.70. The summed E-state index contributed by atoms with van der Waals surface area (Å²) in [6.07, 6.45) is 1.04. The lowest BCUT2D eigenvalue weighted by molar-refractivity contribution is 0.238. The summed E-state index contributed by atoms with van der Waals surface area (Å²) < 4.78 is 0. The first-order chi connectivity index (χ1) is 11.6. The van der Waals surface area contributed by atoms with Gasteiger partial charge in [0.1, 0.15) is 0 Å². The second kappa shape index (κ2) is 14.3. The molecule has 0 heterocycles. The van der Waals surface area contributed by atoms with Crippen molar-refractivity contribution < 1.29 is 5.11 Å². The maximum absolute atomic E-state index is 9.09. The molecule has 144 valence electrons. The molecule has 0 saturated heterocycles. The van der Waals surface area contributed by atoms with E-state index in [1.807, 2.05) is 6.92 Å². The molecule has 2 atom stereocenters. The van der Waals surface area contributed by atoms with Crippen LogP contribution in [0.3, 0.4) is 0 Å². The fraction of sp³-hybridized carbons (Fsp3) is 0.632. The molecule has 0 fully saturated rings. The van der Waals surface area contributed by atoms with Crippen molar-refractivity contribution in [1.82, 2.24) is 15.5 Å². The molecule has 1 aromatic carbocycles. The van der Waals surface area contributed by atoms with Crippen LogP contribution in [0.25, 0.3) is 0 Å². The van der Waals surface area contributed by atoms with Crippen LogP contribution in [0.4, 0.5) is 0 Å². The van der Waals surface area contributed by atoms with Gasteiger partial charge in [-0.3, -0.25) is 9.89 Å². The first-order valence-corrected chi connectivity index (χ1v) is 8.94. The Bertz CT molecular complexity index is 470. The lowest BCUT2D eigenvalue weighted by Crippen LogP contribution is -2.40. The van der Waals surface area contributed by atoms with E-state index in [0.29, 0.717) is 12.6 Å². The van der Waals surface area contributed by atoms with Gasteiger partial charge >= 0.3 is 0 Å². The SMILES string of the molecule is CCNC(=NCC(C)CO)NCCC(C)N(C)Cc1ccccc1.I. The molecule has 0 bridgehead atoms. The Balaban J connectivity index is 0.00000576. The summed E-state index contributed by atoms with van der Waals surface area (Å²) in [6, 6.07) is 11.0. The highest BCUT2D eigenvalue weighted by atomic mass is 127. The highest BCUT2D eigenvalue weighted by molar-refractivity contribution is 14.0. The number of aliphatic hydroxyl groups excluding tert-OH is 1. The molecule has 0 aromatic heterocycles. The number of hydrogen-bond acceptors (Lipinski definition) is 3. The zero-order valence-corrected chi connectivity index (χ0v) is 18.4. The molecule has 5 nitrogen and oxygen atoms in total. The summed E-state index contributed by atoms with van der Waals surface area (Å²) in [4.78, 5) is 6.88. The smallest absolute Gasteiger partial charge is 0.191 e. The minimum absolute atomic E-state index is 0. The molecule has 0 aliphatic carbocycles. The number of nitrogens with zero attached hydrogens (tertiary/aromatic N) is 2. The van der Waals surface area contributed by atoms with E-state index >= 15 is 0 Å². The van der Waals surface area contributed by atoms with Crippen molar-refractivity contribution in [2.24, 2.45) is 10.9 Å². The second-order valence-electron chi connectivity index (χ2n) is 6.47. The van der Waals surface area contributed by atoms with Gasteiger partial charge in [-0.25, -0.2) is 0 Å². The first kappa shape index (κ1) is 24.1. The number of rotatable bonds is 10. The molecular weight excluding hydrogens is 427 g/mol. The van der Waals surface area contributed by atoms with Gasteiger partial charge in [-0.05, 0) is 38.8 Å². The minimum atomic E-state index is 0. The molecule has 2 unspecified atom stereocenters. The fourth-order valence-electron chi connectivity index (χ4n) is 2.29. The van der Waals surface area contributed by atoms with E-state index in [1.54, 1.807) is 0 Å². The predicted molar refractivity (Wildman–Crippen MR) is 118 cm³/mol. The number of benzene rings is 1. The second-order valence-corrected chi connectivity index (χ2v) is 6.47. The summed E-state index contributed by atoms with van der Waals surface area (Å²) >= 11 is 0. The number of halogens is 1. The molecule has 3 N–H and O–H groups in total. The van der Waals surface area contributed by atoms with Gasteiger partial charge < -0.3 is 15.7 Å². The molecular formula is C19H35IN4O. The zero-order chi connectivity index (χ0) is 17.8. The molecule has 0 amide bonds. The number of aliphatic hydroxyl groups is 1. The monoisotopic (exact) mass is 462 g/mol. The van der Waals surface area contributed by atoms with Crippen LogP contribution < -0.4 is 10.6 Å². The Hall–Kier alpha value is -0.860. The number of nitrogens with one attached hydrogen (secondary N) is 2. The van der Waals surface area contributed by atoms with E-state index < -0.39 is 0 Å². The number of hydrogen-bond donors (Lipinski definition) is 3. The molecule has 0 saturated carbocycles. The van der Waals surface area contributed by atoms with E-state index in [-0.39, 0.29) is 36.5 Å². The van der Waals surface area contributed by atoms with Gasteiger partial charge in [0.15, 0.2) is 5.96 Å². The Morgan fingerprint density at radius 1 is 1.20 bits per heavy atom. The molecule has 0 spiro atoms. The third-order valence-electron chi connectivity index (χ3n) is 4.10. The quantitative estimate of drug-likeness (QED) is 0.284. The molecule has 0 aliphatic rings. The molecule has 0 radical (unpaired) electrons. The van der Waals surface area contributed by atoms with Gasteiger partial charge in [0.2, 0.25) is 0 Å². The van der Waals surface area contributed by atoms with Crippen molar-refractivity contribution in [2.75, 3.05) is 33.3 Å². The highest BCUT2D eigenvalue weighted by Gasteiger charge is 2.10. The van der Waals surface area contributed by atoms with Crippen LogP contribution in [0, 0.1) is 5.92 Å². The van der Waals surface area contributed by atoms with Crippen LogP contribution in [-0.4, -0.2) is 55.3 Å². The van der Waals surface area contributed by atoms with Crippen LogP contribution in [-0.2, 0) is 6.54 Å². The Morgan fingerprint density at radius 2 is 1.88 bits per heavy atom. The van der Waals surface area contributed by atoms with Crippen molar-refractivity contribution in [3.63, 3.8) is 0 Å². The van der Waals surface area contributed by atoms with E-state index in [4.69, 9.17) is 5.11 Å². The van der Waals surface area contributed by atoms with Gasteiger partial charge in [-0.1, -0.05) is 37.3 Å². The lowest BCUT2D eigenvalue weighted by atomic mass is 10.1. The fourth-order valence-corrected chi connectivity index (χ4v) is 2.29. The van der Waals surface area contributed by atoms with Crippen molar-refractivity contribution in [3.05, 3.63) is 35.9 Å². The van der Waals surface area contributed by atoms with Gasteiger partial charge in [0, 0.05) is 38.8 Å². The lowest BCUT2D eigenvalue weighted by Gasteiger charge is -2.25. The molecule has 0 aliphatic heterocycles. The van der Waals surface area contributed by atoms with E-state index in [9.17, 15) is 0 Å². The molecule has 6 heteroatoms. The van der Waals surface area contributed by atoms with E-state index in [2.05, 4.69) is 71.8 Å². The standard InChI is InChI=1S/C19H34N4O.HI/c1-5-20-19(22-13-16(2)15-24)21-12-11-17(3)23(4)14-18-9-7-6-8-10-18;/h6-10,16-17,24H,5,11-15H2,1-4H3,(H2,20,21,22);1H. The maximum Gasteiger partial charge on any atom is 0.191 e. The first-order valence-electron chi connectivity index (χ1n) is 8.94. The topological polar surface area (TPSA) is 59.9 Å². The highest BCUT2D eigenvalue weighted by Crippen LogP contribution is 2.07. The summed E-state index contributed by atoms with van der Waals surface area (Å²) in [5.41, 5.74) is 1.34. The van der Waals surface area contributed by atoms with Gasteiger partial charge in [0.25, 0.3) is 0 Å². The normalized spacial score (nSPS) is 13.9. The van der Waals surface area contributed by atoms with E-state index in [1.165, 1.54) is 5.56 Å². The summed E-state index contributed by atoms with van der Waals surface area (Å²) in [5.74, 6) is 1.02. The third-order valence-corrected chi connectivity index (χ3v) is 4.10. The summed E-state index contributed by atoms with van der Waals surface area (Å²) in [7, 11) is 2.17. The van der Waals surface area contributed by atoms with Crippen LogP contribution in [0.5, 0.6) is 0 Å². The van der Waals surface area contributed by atoms with Gasteiger partial charge in [0.05, 0.1) is 0 Å². The van der Waals surface area contributed by atoms with Crippen molar-refractivity contribution in [3.8, 4) is 0 Å². The van der Waals surface area contributed by atoms with Crippen LogP contribution in [0.15, 0.2) is 35.3 Å². The number of aliphatic imine (C=N–C) groups is 1. The Labute approximate surface area is 170 Å². The Kier molecular flexibility index (Phi) is 13.8. The number of guanidine groups is 1. The molecule has 1 rings (SSSR count). The molecule has 25 heavy (non-hydrogen) atoms. The zero-order valence-electron chi connectivity index (χ0n) is 16.0. The van der Waals surface area contributed by atoms with Crippen LogP contribution in [0.1, 0.15) is 32.8 Å². The average molecular weight is 462 g/mol. The average Bonchev–Trinajstić information content (AvgIpc) is 2.59. The summed E-state index contributed by atoms with van der Waals surface area (Å²) in [5, 5.41) is 15.7. The Morgan fingerprint density at radius 3 is 2.48 bits per heavy atom. The minimum Gasteiger partial charge on any atom is -0.396 e. The molecule has 1 aromatic rings. The third kappa shape index (κ3) is 10.7.